The minimum absolute atomic E-state index is 0.0901. The third-order valence-electron chi connectivity index (χ3n) is 3.29. The second kappa shape index (κ2) is 6.10. The van der Waals surface area contributed by atoms with Crippen LogP contribution in [0.3, 0.4) is 0 Å². The number of carbonyl (C=O) groups excluding carboxylic acids is 1. The van der Waals surface area contributed by atoms with Crippen molar-refractivity contribution in [3.8, 4) is 11.5 Å². The molecule has 0 aliphatic carbocycles. The van der Waals surface area contributed by atoms with Crippen molar-refractivity contribution >= 4 is 22.8 Å². The predicted molar refractivity (Wildman–Crippen MR) is 82.1 cm³/mol. The van der Waals surface area contributed by atoms with Crippen LogP contribution >= 0.6 is 11.3 Å². The van der Waals surface area contributed by atoms with Gasteiger partial charge in [-0.2, -0.15) is 0 Å². The molecule has 1 aliphatic heterocycles. The Morgan fingerprint density at radius 1 is 1.14 bits per heavy atom. The zero-order valence-electron chi connectivity index (χ0n) is 11.4. The minimum atomic E-state index is 0.0901. The molecule has 108 valence electrons. The smallest absolute Gasteiger partial charge is 0.173 e. The summed E-state index contributed by atoms with van der Waals surface area (Å²) in [5, 5.41) is 10.0. The molecule has 1 aromatic carbocycles. The van der Waals surface area contributed by atoms with Gasteiger partial charge in [-0.3, -0.25) is 4.79 Å². The number of ether oxygens (including phenoxy) is 2. The fraction of sp³-hybridized carbons (Fsp3) is 0.250. The summed E-state index contributed by atoms with van der Waals surface area (Å²) in [6.45, 7) is 1.08. The molecule has 0 spiro atoms. The van der Waals surface area contributed by atoms with E-state index in [9.17, 15) is 4.79 Å². The van der Waals surface area contributed by atoms with Gasteiger partial charge in [-0.15, -0.1) is 11.3 Å². The summed E-state index contributed by atoms with van der Waals surface area (Å²) < 4.78 is 11.0. The summed E-state index contributed by atoms with van der Waals surface area (Å²) in [7, 11) is 0. The van der Waals surface area contributed by atoms with Crippen LogP contribution in [-0.4, -0.2) is 24.7 Å². The number of ketones is 1. The molecule has 0 atom stereocenters. The van der Waals surface area contributed by atoms with Crippen LogP contribution < -0.4 is 9.47 Å². The zero-order valence-corrected chi connectivity index (χ0v) is 12.2. The van der Waals surface area contributed by atoms with E-state index in [-0.39, 0.29) is 5.78 Å². The molecule has 3 rings (SSSR count). The molecule has 0 bridgehead atoms. The Balaban J connectivity index is 1.64. The van der Waals surface area contributed by atoms with Gasteiger partial charge in [-0.05, 0) is 41.6 Å². The van der Waals surface area contributed by atoms with Gasteiger partial charge in [0.25, 0.3) is 0 Å². The molecule has 1 aromatic heterocycles. The molecule has 2 aromatic rings. The van der Waals surface area contributed by atoms with Crippen molar-refractivity contribution < 1.29 is 14.3 Å². The maximum absolute atomic E-state index is 11.9. The van der Waals surface area contributed by atoms with Gasteiger partial charge in [0.15, 0.2) is 17.3 Å². The fourth-order valence-electron chi connectivity index (χ4n) is 2.17. The van der Waals surface area contributed by atoms with Gasteiger partial charge in [0, 0.05) is 12.1 Å². The van der Waals surface area contributed by atoms with Gasteiger partial charge in [0.1, 0.15) is 13.2 Å². The molecular formula is C16H15NO3S. The second-order valence-corrected chi connectivity index (χ2v) is 5.69. The zero-order chi connectivity index (χ0) is 14.7. The van der Waals surface area contributed by atoms with E-state index in [1.54, 1.807) is 0 Å². The number of fused-ring (bicyclic) bond motifs is 1. The average molecular weight is 301 g/mol. The standard InChI is InChI=1S/C16H15NO3S/c17-12(4-5-13(18)16-2-1-9-21-16)11-3-6-14-15(10-11)20-8-7-19-14/h1-3,6,9-10,17H,4-5,7-8H2. The normalized spacial score (nSPS) is 13.0. The van der Waals surface area contributed by atoms with Crippen LogP contribution in [0.1, 0.15) is 28.1 Å². The van der Waals surface area contributed by atoms with Crippen molar-refractivity contribution in [1.29, 1.82) is 5.41 Å². The van der Waals surface area contributed by atoms with E-state index in [2.05, 4.69) is 0 Å². The summed E-state index contributed by atoms with van der Waals surface area (Å²) in [5.41, 5.74) is 1.22. The maximum atomic E-state index is 11.9. The van der Waals surface area contributed by atoms with Crippen LogP contribution in [0.25, 0.3) is 0 Å². The number of thiophene rings is 1. The van der Waals surface area contributed by atoms with Crippen LogP contribution in [-0.2, 0) is 0 Å². The van der Waals surface area contributed by atoms with E-state index in [0.717, 1.165) is 10.4 Å². The summed E-state index contributed by atoms with van der Waals surface area (Å²) in [6.07, 6.45) is 0.782. The van der Waals surface area contributed by atoms with Crippen LogP contribution in [0, 0.1) is 5.41 Å². The van der Waals surface area contributed by atoms with Gasteiger partial charge >= 0.3 is 0 Å². The first kappa shape index (κ1) is 13.8. The lowest BCUT2D eigenvalue weighted by molar-refractivity contribution is 0.0988. The molecule has 5 heteroatoms. The number of hydrogen-bond acceptors (Lipinski definition) is 5. The molecule has 0 unspecified atom stereocenters. The van der Waals surface area contributed by atoms with Crippen molar-refractivity contribution in [2.24, 2.45) is 0 Å². The number of hydrogen-bond donors (Lipinski definition) is 1. The third kappa shape index (κ3) is 3.13. The van der Waals surface area contributed by atoms with Crippen LogP contribution in [0.4, 0.5) is 0 Å². The average Bonchev–Trinajstić information content (AvgIpc) is 3.06. The van der Waals surface area contributed by atoms with Crippen molar-refractivity contribution in [2.45, 2.75) is 12.8 Å². The lowest BCUT2D eigenvalue weighted by atomic mass is 10.0. The van der Waals surface area contributed by atoms with Gasteiger partial charge in [-0.25, -0.2) is 0 Å². The molecular weight excluding hydrogens is 286 g/mol. The first-order valence-electron chi connectivity index (χ1n) is 6.78. The van der Waals surface area contributed by atoms with Crippen molar-refractivity contribution in [2.75, 3.05) is 13.2 Å². The van der Waals surface area contributed by atoms with Crippen LogP contribution in [0.5, 0.6) is 11.5 Å². The number of carbonyl (C=O) groups is 1. The Bertz CT molecular complexity index is 664. The molecule has 0 radical (unpaired) electrons. The van der Waals surface area contributed by atoms with Gasteiger partial charge in [0.05, 0.1) is 4.88 Å². The van der Waals surface area contributed by atoms with E-state index in [4.69, 9.17) is 14.9 Å². The summed E-state index contributed by atoms with van der Waals surface area (Å²) >= 11 is 1.44. The number of rotatable bonds is 5. The van der Waals surface area contributed by atoms with E-state index >= 15 is 0 Å². The third-order valence-corrected chi connectivity index (χ3v) is 4.20. The Labute approximate surface area is 126 Å². The largest absolute Gasteiger partial charge is 0.486 e. The summed E-state index contributed by atoms with van der Waals surface area (Å²) in [4.78, 5) is 12.7. The lowest BCUT2D eigenvalue weighted by Gasteiger charge is -2.19. The molecule has 2 heterocycles. The van der Waals surface area contributed by atoms with Gasteiger partial charge in [0.2, 0.25) is 0 Å². The maximum Gasteiger partial charge on any atom is 0.173 e. The minimum Gasteiger partial charge on any atom is -0.486 e. The topological polar surface area (TPSA) is 59.4 Å². The lowest BCUT2D eigenvalue weighted by Crippen LogP contribution is -2.15. The Kier molecular flexibility index (Phi) is 4.01. The van der Waals surface area contributed by atoms with E-state index in [1.165, 1.54) is 11.3 Å². The molecule has 0 fully saturated rings. The molecule has 1 aliphatic rings. The van der Waals surface area contributed by atoms with Gasteiger partial charge < -0.3 is 14.9 Å². The predicted octanol–water partition coefficient (Wildman–Crippen LogP) is 3.55. The van der Waals surface area contributed by atoms with Gasteiger partial charge in [-0.1, -0.05) is 6.07 Å². The van der Waals surface area contributed by atoms with Crippen molar-refractivity contribution in [3.05, 3.63) is 46.2 Å². The number of Topliss-reactive ketones (excluding diaryl/α,β-unsaturated/α-hetero) is 1. The van der Waals surface area contributed by atoms with Crippen molar-refractivity contribution in [3.63, 3.8) is 0 Å². The quantitative estimate of drug-likeness (QED) is 0.678. The monoisotopic (exact) mass is 301 g/mol. The first-order chi connectivity index (χ1) is 10.2. The Morgan fingerprint density at radius 2 is 1.95 bits per heavy atom. The highest BCUT2D eigenvalue weighted by Gasteiger charge is 2.14. The SMILES string of the molecule is N=C(CCC(=O)c1cccs1)c1ccc2c(c1)OCCO2. The van der Waals surface area contributed by atoms with Crippen LogP contribution in [0.15, 0.2) is 35.7 Å². The molecule has 21 heavy (non-hydrogen) atoms. The highest BCUT2D eigenvalue weighted by atomic mass is 32.1. The summed E-state index contributed by atoms with van der Waals surface area (Å²) in [6, 6.07) is 9.15. The molecule has 0 amide bonds. The second-order valence-electron chi connectivity index (χ2n) is 4.74. The Morgan fingerprint density at radius 3 is 2.71 bits per heavy atom. The highest BCUT2D eigenvalue weighted by molar-refractivity contribution is 7.12. The number of nitrogens with one attached hydrogen (secondary N) is 1. The van der Waals surface area contributed by atoms with E-state index in [1.807, 2.05) is 35.7 Å². The fourth-order valence-corrected chi connectivity index (χ4v) is 2.87. The molecule has 1 N–H and O–H groups in total. The summed E-state index contributed by atoms with van der Waals surface area (Å²) in [5.74, 6) is 1.48. The molecule has 0 saturated carbocycles. The van der Waals surface area contributed by atoms with E-state index in [0.29, 0.717) is 43.3 Å². The van der Waals surface area contributed by atoms with Crippen LogP contribution in [0.2, 0.25) is 0 Å². The highest BCUT2D eigenvalue weighted by Crippen LogP contribution is 2.31. The molecule has 4 nitrogen and oxygen atoms in total. The molecule has 0 saturated heterocycles. The number of benzene rings is 1. The van der Waals surface area contributed by atoms with E-state index < -0.39 is 0 Å². The van der Waals surface area contributed by atoms with Crippen molar-refractivity contribution in [1.82, 2.24) is 0 Å². The Hall–Kier alpha value is -2.14. The first-order valence-corrected chi connectivity index (χ1v) is 7.66.